The highest BCUT2D eigenvalue weighted by Gasteiger charge is 2.35. The van der Waals surface area contributed by atoms with Crippen molar-refractivity contribution >= 4 is 22.9 Å². The topological polar surface area (TPSA) is 38.1 Å². The third kappa shape index (κ3) is 3.73. The summed E-state index contributed by atoms with van der Waals surface area (Å²) in [6.07, 6.45) is -3.02. The Morgan fingerprint density at radius 2 is 1.70 bits per heavy atom. The molecule has 30 heavy (non-hydrogen) atoms. The van der Waals surface area contributed by atoms with Crippen LogP contribution in [0.1, 0.15) is 15.9 Å². The Balaban J connectivity index is 1.80. The van der Waals surface area contributed by atoms with Gasteiger partial charge in [0.25, 0.3) is 5.91 Å². The number of alkyl halides is 3. The van der Waals surface area contributed by atoms with Crippen molar-refractivity contribution in [2.45, 2.75) is 6.18 Å². The molecule has 0 spiro atoms. The Morgan fingerprint density at radius 1 is 1.00 bits per heavy atom. The molecule has 0 N–H and O–H groups in total. The number of anilines is 1. The van der Waals surface area contributed by atoms with E-state index in [9.17, 15) is 18.0 Å². The van der Waals surface area contributed by atoms with Crippen molar-refractivity contribution in [1.82, 2.24) is 9.78 Å². The summed E-state index contributed by atoms with van der Waals surface area (Å²) < 4.78 is 41.9. The van der Waals surface area contributed by atoms with Crippen molar-refractivity contribution in [2.75, 3.05) is 11.9 Å². The van der Waals surface area contributed by atoms with Gasteiger partial charge in [-0.05, 0) is 35.7 Å². The molecule has 0 aliphatic carbocycles. The number of nitrogens with zero attached hydrogens (tertiary/aromatic N) is 3. The number of aromatic nitrogens is 2. The van der Waals surface area contributed by atoms with E-state index >= 15 is 0 Å². The smallest absolute Gasteiger partial charge is 0.311 e. The number of halogens is 3. The number of thiophene rings is 1. The quantitative estimate of drug-likeness (QED) is 0.407. The molecule has 0 aliphatic heterocycles. The maximum atomic E-state index is 13.4. The highest BCUT2D eigenvalue weighted by molar-refractivity contribution is 7.13. The lowest BCUT2D eigenvalue weighted by molar-refractivity contribution is -0.137. The van der Waals surface area contributed by atoms with E-state index in [4.69, 9.17) is 0 Å². The number of hydrogen-bond donors (Lipinski definition) is 0. The lowest BCUT2D eigenvalue weighted by atomic mass is 10.1. The second-order valence-electron chi connectivity index (χ2n) is 6.53. The first-order valence-corrected chi connectivity index (χ1v) is 9.87. The number of hydrogen-bond acceptors (Lipinski definition) is 3. The second-order valence-corrected chi connectivity index (χ2v) is 7.48. The highest BCUT2D eigenvalue weighted by atomic mass is 32.1. The Kier molecular flexibility index (Phi) is 5.17. The Hall–Kier alpha value is -3.39. The van der Waals surface area contributed by atoms with E-state index in [1.165, 1.54) is 36.6 Å². The summed E-state index contributed by atoms with van der Waals surface area (Å²) in [6.45, 7) is 0. The summed E-state index contributed by atoms with van der Waals surface area (Å²) in [7, 11) is 1.34. The zero-order valence-electron chi connectivity index (χ0n) is 15.8. The maximum Gasteiger partial charge on any atom is 0.418 e. The molecule has 4 aromatic rings. The second kappa shape index (κ2) is 7.79. The molecule has 8 heteroatoms. The summed E-state index contributed by atoms with van der Waals surface area (Å²) in [5.74, 6) is -0.572. The number of carbonyl (C=O) groups is 1. The van der Waals surface area contributed by atoms with E-state index in [1.807, 2.05) is 47.8 Å². The predicted octanol–water partition coefficient (Wildman–Crippen LogP) is 5.90. The number of rotatable bonds is 4. The first kappa shape index (κ1) is 19.9. The molecule has 2 aromatic heterocycles. The van der Waals surface area contributed by atoms with E-state index in [0.717, 1.165) is 21.5 Å². The van der Waals surface area contributed by atoms with Gasteiger partial charge in [0.15, 0.2) is 0 Å². The molecule has 4 rings (SSSR count). The van der Waals surface area contributed by atoms with Crippen molar-refractivity contribution in [3.8, 4) is 16.3 Å². The molecular formula is C22H16F3N3OS. The van der Waals surface area contributed by atoms with Crippen LogP contribution >= 0.6 is 11.3 Å². The molecule has 1 amide bonds. The Bertz CT molecular complexity index is 1170. The van der Waals surface area contributed by atoms with Crippen LogP contribution in [0.5, 0.6) is 0 Å². The molecule has 2 heterocycles. The van der Waals surface area contributed by atoms with Crippen LogP contribution in [-0.4, -0.2) is 22.7 Å². The fraction of sp³-hybridized carbons (Fsp3) is 0.0909. The van der Waals surface area contributed by atoms with E-state index in [1.54, 1.807) is 10.9 Å². The third-order valence-electron chi connectivity index (χ3n) is 4.60. The monoisotopic (exact) mass is 427 g/mol. The highest BCUT2D eigenvalue weighted by Crippen LogP contribution is 2.37. The molecule has 0 fully saturated rings. The van der Waals surface area contributed by atoms with Gasteiger partial charge >= 0.3 is 6.18 Å². The molecule has 0 aliphatic rings. The number of amides is 1. The standard InChI is InChI=1S/C22H16F3N3OS/c1-27(18-11-6-5-10-17(18)22(23,24)25)21(29)16-14-28(15-8-3-2-4-9-15)26-20(16)19-12-7-13-30-19/h2-14H,1H3. The predicted molar refractivity (Wildman–Crippen MR) is 111 cm³/mol. The van der Waals surface area contributed by atoms with Gasteiger partial charge in [0, 0.05) is 13.2 Å². The molecule has 0 radical (unpaired) electrons. The third-order valence-corrected chi connectivity index (χ3v) is 5.47. The summed E-state index contributed by atoms with van der Waals surface area (Å²) in [6, 6.07) is 17.9. The van der Waals surface area contributed by atoms with E-state index in [-0.39, 0.29) is 11.3 Å². The summed E-state index contributed by atoms with van der Waals surface area (Å²) in [4.78, 5) is 15.1. The van der Waals surface area contributed by atoms with Gasteiger partial charge in [-0.2, -0.15) is 18.3 Å². The number of benzene rings is 2. The molecule has 0 bridgehead atoms. The molecule has 0 unspecified atom stereocenters. The van der Waals surface area contributed by atoms with Crippen LogP contribution in [0, 0.1) is 0 Å². The number of para-hydroxylation sites is 2. The molecule has 0 saturated heterocycles. The van der Waals surface area contributed by atoms with Crippen LogP contribution in [0.4, 0.5) is 18.9 Å². The van der Waals surface area contributed by atoms with Gasteiger partial charge in [-0.1, -0.05) is 36.4 Å². The fourth-order valence-electron chi connectivity index (χ4n) is 3.13. The zero-order chi connectivity index (χ0) is 21.3. The number of carbonyl (C=O) groups excluding carboxylic acids is 1. The first-order valence-electron chi connectivity index (χ1n) is 8.99. The van der Waals surface area contributed by atoms with Crippen LogP contribution in [0.2, 0.25) is 0 Å². The Labute approximate surface area is 174 Å². The van der Waals surface area contributed by atoms with Crippen molar-refractivity contribution in [3.05, 3.63) is 89.4 Å². The minimum atomic E-state index is -4.57. The van der Waals surface area contributed by atoms with Crippen molar-refractivity contribution in [2.24, 2.45) is 0 Å². The van der Waals surface area contributed by atoms with Gasteiger partial charge in [0.05, 0.1) is 27.4 Å². The van der Waals surface area contributed by atoms with Crippen LogP contribution < -0.4 is 4.90 Å². The largest absolute Gasteiger partial charge is 0.418 e. The summed E-state index contributed by atoms with van der Waals surface area (Å²) in [5, 5.41) is 6.40. The van der Waals surface area contributed by atoms with Crippen LogP contribution in [0.25, 0.3) is 16.3 Å². The minimum absolute atomic E-state index is 0.209. The van der Waals surface area contributed by atoms with Gasteiger partial charge in [-0.25, -0.2) is 4.68 Å². The molecule has 2 aromatic carbocycles. The fourth-order valence-corrected chi connectivity index (χ4v) is 3.86. The van der Waals surface area contributed by atoms with Gasteiger partial charge in [-0.3, -0.25) is 4.79 Å². The van der Waals surface area contributed by atoms with E-state index in [2.05, 4.69) is 5.10 Å². The SMILES string of the molecule is CN(C(=O)c1cn(-c2ccccc2)nc1-c1cccs1)c1ccccc1C(F)(F)F. The lowest BCUT2D eigenvalue weighted by Gasteiger charge is -2.21. The van der Waals surface area contributed by atoms with Gasteiger partial charge in [0.2, 0.25) is 0 Å². The zero-order valence-corrected chi connectivity index (χ0v) is 16.6. The van der Waals surface area contributed by atoms with Crippen LogP contribution in [0.15, 0.2) is 78.3 Å². The van der Waals surface area contributed by atoms with Crippen molar-refractivity contribution < 1.29 is 18.0 Å². The minimum Gasteiger partial charge on any atom is -0.311 e. The molecule has 0 saturated carbocycles. The average Bonchev–Trinajstić information content (AvgIpc) is 3.42. The summed E-state index contributed by atoms with van der Waals surface area (Å²) >= 11 is 1.40. The summed E-state index contributed by atoms with van der Waals surface area (Å²) in [5.41, 5.74) is 0.317. The lowest BCUT2D eigenvalue weighted by Crippen LogP contribution is -2.28. The van der Waals surface area contributed by atoms with E-state index < -0.39 is 17.6 Å². The van der Waals surface area contributed by atoms with Crippen LogP contribution in [-0.2, 0) is 6.18 Å². The molecule has 152 valence electrons. The van der Waals surface area contributed by atoms with E-state index in [0.29, 0.717) is 5.69 Å². The van der Waals surface area contributed by atoms with Gasteiger partial charge < -0.3 is 4.90 Å². The normalized spacial score (nSPS) is 11.5. The molecule has 0 atom stereocenters. The van der Waals surface area contributed by atoms with Crippen LogP contribution in [0.3, 0.4) is 0 Å². The first-order chi connectivity index (χ1) is 14.4. The van der Waals surface area contributed by atoms with Crippen molar-refractivity contribution in [3.63, 3.8) is 0 Å². The molecule has 4 nitrogen and oxygen atoms in total. The van der Waals surface area contributed by atoms with Gasteiger partial charge in [0.1, 0.15) is 5.69 Å². The van der Waals surface area contributed by atoms with Crippen molar-refractivity contribution in [1.29, 1.82) is 0 Å². The maximum absolute atomic E-state index is 13.4. The Morgan fingerprint density at radius 3 is 2.37 bits per heavy atom. The van der Waals surface area contributed by atoms with Gasteiger partial charge in [-0.15, -0.1) is 11.3 Å². The average molecular weight is 427 g/mol. The molecular weight excluding hydrogens is 411 g/mol.